The van der Waals surface area contributed by atoms with Gasteiger partial charge in [0.25, 0.3) is 0 Å². The van der Waals surface area contributed by atoms with Gasteiger partial charge in [0, 0.05) is 6.54 Å². The van der Waals surface area contributed by atoms with E-state index in [9.17, 15) is 0 Å². The van der Waals surface area contributed by atoms with E-state index in [0.29, 0.717) is 6.54 Å². The number of rotatable bonds is 3. The van der Waals surface area contributed by atoms with Crippen LogP contribution in [0.1, 0.15) is 6.92 Å². The lowest BCUT2D eigenvalue weighted by molar-refractivity contribution is 1.08. The molecule has 0 aromatic heterocycles. The molecule has 58 valence electrons. The molecule has 0 radical (unpaired) electrons. The minimum Gasteiger partial charge on any atom is -0.325 e. The highest BCUT2D eigenvalue weighted by atomic mass is 14.8. The van der Waals surface area contributed by atoms with Crippen molar-refractivity contribution in [1.29, 1.82) is 0 Å². The van der Waals surface area contributed by atoms with Crippen LogP contribution >= 0.6 is 0 Å². The Labute approximate surface area is 67.5 Å². The van der Waals surface area contributed by atoms with Crippen LogP contribution < -0.4 is 5.73 Å². The third-order valence-electron chi connectivity index (χ3n) is 1.27. The zero-order valence-corrected chi connectivity index (χ0v) is 6.67. The van der Waals surface area contributed by atoms with E-state index >= 15 is 0 Å². The van der Waals surface area contributed by atoms with Gasteiger partial charge in [0.15, 0.2) is 0 Å². The van der Waals surface area contributed by atoms with Gasteiger partial charge in [0.1, 0.15) is 0 Å². The molecule has 0 aromatic rings. The van der Waals surface area contributed by atoms with Crippen LogP contribution in [0.25, 0.3) is 0 Å². The molecular formula is C9H12N2. The van der Waals surface area contributed by atoms with Crippen LogP contribution in [0.15, 0.2) is 28.4 Å². The lowest BCUT2D eigenvalue weighted by Crippen LogP contribution is -2.02. The number of allylic oxidation sites excluding steroid dienone is 3. The monoisotopic (exact) mass is 148 g/mol. The van der Waals surface area contributed by atoms with Crippen molar-refractivity contribution in [2.24, 2.45) is 10.7 Å². The maximum absolute atomic E-state index is 5.38. The highest BCUT2D eigenvalue weighted by molar-refractivity contribution is 5.35. The van der Waals surface area contributed by atoms with Crippen molar-refractivity contribution in [3.63, 3.8) is 0 Å². The molecule has 11 heavy (non-hydrogen) atoms. The molecule has 0 aliphatic rings. The summed E-state index contributed by atoms with van der Waals surface area (Å²) in [5.74, 6) is 2.38. The molecule has 0 heterocycles. The highest BCUT2D eigenvalue weighted by Crippen LogP contribution is 2.03. The van der Waals surface area contributed by atoms with E-state index in [1.807, 2.05) is 6.92 Å². The van der Waals surface area contributed by atoms with Gasteiger partial charge in [0.2, 0.25) is 0 Å². The average molecular weight is 148 g/mol. The Morgan fingerprint density at radius 2 is 2.45 bits per heavy atom. The molecule has 0 saturated heterocycles. The maximum Gasteiger partial charge on any atom is 0.0561 e. The van der Waals surface area contributed by atoms with Crippen molar-refractivity contribution in [3.8, 4) is 12.3 Å². The largest absolute Gasteiger partial charge is 0.325 e. The summed E-state index contributed by atoms with van der Waals surface area (Å²) >= 11 is 0. The molecule has 2 N–H and O–H groups in total. The zero-order valence-electron chi connectivity index (χ0n) is 6.67. The summed E-state index contributed by atoms with van der Waals surface area (Å²) in [6, 6.07) is 0. The first kappa shape index (κ1) is 9.67. The van der Waals surface area contributed by atoms with Crippen molar-refractivity contribution in [2.45, 2.75) is 6.92 Å². The molecule has 0 aromatic carbocycles. The molecule has 0 saturated carbocycles. The van der Waals surface area contributed by atoms with Crippen LogP contribution in [-0.4, -0.2) is 13.3 Å². The SMILES string of the molecule is C#C/C=C\C(C)=C(/CN)N=C. The molecule has 0 fully saturated rings. The molecule has 2 nitrogen and oxygen atoms in total. The van der Waals surface area contributed by atoms with Crippen molar-refractivity contribution in [1.82, 2.24) is 0 Å². The molecule has 0 spiro atoms. The predicted molar refractivity (Wildman–Crippen MR) is 49.3 cm³/mol. The molecule has 0 atom stereocenters. The number of hydrogen-bond donors (Lipinski definition) is 1. The van der Waals surface area contributed by atoms with Gasteiger partial charge < -0.3 is 5.73 Å². The maximum atomic E-state index is 5.38. The summed E-state index contributed by atoms with van der Waals surface area (Å²) < 4.78 is 0. The summed E-state index contributed by atoms with van der Waals surface area (Å²) in [5.41, 5.74) is 7.11. The van der Waals surface area contributed by atoms with Crippen molar-refractivity contribution < 1.29 is 0 Å². The molecule has 0 amide bonds. The second kappa shape index (κ2) is 5.45. The van der Waals surface area contributed by atoms with Crippen LogP contribution in [0.2, 0.25) is 0 Å². The van der Waals surface area contributed by atoms with E-state index in [4.69, 9.17) is 12.2 Å². The Balaban J connectivity index is 4.51. The first-order valence-electron chi connectivity index (χ1n) is 3.25. The number of hydrogen-bond acceptors (Lipinski definition) is 2. The Kier molecular flexibility index (Phi) is 4.80. The van der Waals surface area contributed by atoms with Gasteiger partial charge in [-0.15, -0.1) is 6.42 Å². The number of aliphatic imine (C=N–C) groups is 1. The first-order valence-corrected chi connectivity index (χ1v) is 3.25. The molecule has 0 unspecified atom stereocenters. The summed E-state index contributed by atoms with van der Waals surface area (Å²) in [7, 11) is 0. The van der Waals surface area contributed by atoms with E-state index in [1.165, 1.54) is 0 Å². The zero-order chi connectivity index (χ0) is 8.69. The van der Waals surface area contributed by atoms with Gasteiger partial charge in [0.05, 0.1) is 5.70 Å². The average Bonchev–Trinajstić information content (AvgIpc) is 2.03. The normalized spacial score (nSPS) is 12.5. The summed E-state index contributed by atoms with van der Waals surface area (Å²) in [6.07, 6.45) is 8.42. The predicted octanol–water partition coefficient (Wildman–Crippen LogP) is 1.11. The Bertz CT molecular complexity index is 228. The van der Waals surface area contributed by atoms with Crippen LogP contribution in [0.3, 0.4) is 0 Å². The smallest absolute Gasteiger partial charge is 0.0561 e. The molecule has 0 bridgehead atoms. The lowest BCUT2D eigenvalue weighted by atomic mass is 10.2. The van der Waals surface area contributed by atoms with Crippen LogP contribution in [0.5, 0.6) is 0 Å². The van der Waals surface area contributed by atoms with E-state index < -0.39 is 0 Å². The molecule has 2 heteroatoms. The first-order chi connectivity index (χ1) is 5.26. The summed E-state index contributed by atoms with van der Waals surface area (Å²) in [5, 5.41) is 0. The highest BCUT2D eigenvalue weighted by Gasteiger charge is 1.91. The molecular weight excluding hydrogens is 136 g/mol. The van der Waals surface area contributed by atoms with Crippen LogP contribution in [0, 0.1) is 12.3 Å². The second-order valence-electron chi connectivity index (χ2n) is 1.99. The van der Waals surface area contributed by atoms with Gasteiger partial charge in [-0.25, -0.2) is 0 Å². The number of terminal acetylenes is 1. The van der Waals surface area contributed by atoms with Gasteiger partial charge in [-0.05, 0) is 31.4 Å². The van der Waals surface area contributed by atoms with E-state index in [1.54, 1.807) is 12.2 Å². The van der Waals surface area contributed by atoms with Gasteiger partial charge in [-0.2, -0.15) is 0 Å². The summed E-state index contributed by atoms with van der Waals surface area (Å²) in [4.78, 5) is 3.74. The Morgan fingerprint density at radius 3 is 2.82 bits per heavy atom. The third-order valence-corrected chi connectivity index (χ3v) is 1.27. The van der Waals surface area contributed by atoms with E-state index in [-0.39, 0.29) is 0 Å². The molecule has 0 aliphatic carbocycles. The Morgan fingerprint density at radius 1 is 1.82 bits per heavy atom. The van der Waals surface area contributed by atoms with E-state index in [0.717, 1.165) is 11.3 Å². The minimum atomic E-state index is 0.393. The Hall–Kier alpha value is -1.33. The van der Waals surface area contributed by atoms with Gasteiger partial charge in [-0.3, -0.25) is 4.99 Å². The molecule has 0 rings (SSSR count). The van der Waals surface area contributed by atoms with Gasteiger partial charge in [-0.1, -0.05) is 5.92 Å². The third kappa shape index (κ3) is 3.39. The second-order valence-corrected chi connectivity index (χ2v) is 1.99. The fraction of sp³-hybridized carbons (Fsp3) is 0.222. The fourth-order valence-electron chi connectivity index (χ4n) is 0.620. The van der Waals surface area contributed by atoms with E-state index in [2.05, 4.69) is 17.6 Å². The quantitative estimate of drug-likeness (QED) is 0.363. The van der Waals surface area contributed by atoms with Crippen molar-refractivity contribution in [3.05, 3.63) is 23.4 Å². The van der Waals surface area contributed by atoms with Gasteiger partial charge >= 0.3 is 0 Å². The fourth-order valence-corrected chi connectivity index (χ4v) is 0.620. The number of nitrogens with two attached hydrogens (primary N) is 1. The van der Waals surface area contributed by atoms with Crippen LogP contribution in [-0.2, 0) is 0 Å². The minimum absolute atomic E-state index is 0.393. The summed E-state index contributed by atoms with van der Waals surface area (Å²) in [6.45, 7) is 5.67. The lowest BCUT2D eigenvalue weighted by Gasteiger charge is -1.97. The van der Waals surface area contributed by atoms with Crippen LogP contribution in [0.4, 0.5) is 0 Å². The molecule has 0 aliphatic heterocycles. The number of nitrogens with zero attached hydrogens (tertiary/aromatic N) is 1. The van der Waals surface area contributed by atoms with Crippen molar-refractivity contribution >= 4 is 6.72 Å². The van der Waals surface area contributed by atoms with Crippen molar-refractivity contribution in [2.75, 3.05) is 6.54 Å². The topological polar surface area (TPSA) is 38.4 Å². The standard InChI is InChI=1S/C9H12N2/c1-4-5-6-8(2)9(7-10)11-3/h1,5-6H,3,7,10H2,2H3/b6-5-,9-8+.